The van der Waals surface area contributed by atoms with E-state index in [1.165, 1.54) is 12.1 Å². The molecule has 0 fully saturated rings. The van der Waals surface area contributed by atoms with Gasteiger partial charge < -0.3 is 4.90 Å². The van der Waals surface area contributed by atoms with Crippen molar-refractivity contribution in [3.63, 3.8) is 0 Å². The van der Waals surface area contributed by atoms with Crippen LogP contribution in [0.5, 0.6) is 0 Å². The highest BCUT2D eigenvalue weighted by molar-refractivity contribution is 9.10. The Kier molecular flexibility index (Phi) is 4.27. The van der Waals surface area contributed by atoms with E-state index in [1.807, 2.05) is 20.8 Å². The molecular formula is C17H19BrFN3O. The summed E-state index contributed by atoms with van der Waals surface area (Å²) >= 11 is 3.43. The lowest BCUT2D eigenvalue weighted by Crippen LogP contribution is -2.45. The number of amides is 1. The van der Waals surface area contributed by atoms with Crippen molar-refractivity contribution in [1.82, 2.24) is 9.78 Å². The fourth-order valence-corrected chi connectivity index (χ4v) is 3.43. The molecule has 2 aromatic rings. The molecule has 2 unspecified atom stereocenters. The van der Waals surface area contributed by atoms with Gasteiger partial charge in [0.1, 0.15) is 11.9 Å². The van der Waals surface area contributed by atoms with Gasteiger partial charge in [0.25, 0.3) is 5.91 Å². The highest BCUT2D eigenvalue weighted by atomic mass is 79.9. The summed E-state index contributed by atoms with van der Waals surface area (Å²) in [6.07, 6.45) is 3.32. The van der Waals surface area contributed by atoms with Gasteiger partial charge in [-0.1, -0.05) is 0 Å². The number of aryl methyl sites for hydroxylation is 1. The van der Waals surface area contributed by atoms with Gasteiger partial charge in [0.2, 0.25) is 0 Å². The van der Waals surface area contributed by atoms with Crippen molar-refractivity contribution >= 4 is 27.5 Å². The molecule has 0 spiro atoms. The highest BCUT2D eigenvalue weighted by Gasteiger charge is 2.32. The molecule has 0 saturated heterocycles. The zero-order valence-electron chi connectivity index (χ0n) is 13.4. The van der Waals surface area contributed by atoms with E-state index in [9.17, 15) is 9.18 Å². The number of benzene rings is 1. The Balaban J connectivity index is 1.97. The molecule has 122 valence electrons. The van der Waals surface area contributed by atoms with Crippen LogP contribution in [0.15, 0.2) is 28.9 Å². The van der Waals surface area contributed by atoms with Crippen molar-refractivity contribution in [3.8, 4) is 0 Å². The van der Waals surface area contributed by atoms with Crippen molar-refractivity contribution in [3.05, 3.63) is 45.9 Å². The maximum Gasteiger partial charge on any atom is 0.251 e. The van der Waals surface area contributed by atoms with E-state index >= 15 is 0 Å². The van der Waals surface area contributed by atoms with Crippen LogP contribution < -0.4 is 4.90 Å². The van der Waals surface area contributed by atoms with Crippen LogP contribution in [0.1, 0.15) is 37.6 Å². The average Bonchev–Trinajstić information content (AvgIpc) is 2.86. The van der Waals surface area contributed by atoms with Crippen LogP contribution in [-0.2, 0) is 11.2 Å². The van der Waals surface area contributed by atoms with Crippen LogP contribution >= 0.6 is 15.9 Å². The molecule has 2 atom stereocenters. The smallest absolute Gasteiger partial charge is 0.251 e. The lowest BCUT2D eigenvalue weighted by atomic mass is 9.95. The van der Waals surface area contributed by atoms with Gasteiger partial charge in [-0.25, -0.2) is 4.39 Å². The van der Waals surface area contributed by atoms with Crippen molar-refractivity contribution in [1.29, 1.82) is 0 Å². The summed E-state index contributed by atoms with van der Waals surface area (Å²) in [4.78, 5) is 14.9. The second-order valence-corrected chi connectivity index (χ2v) is 6.92. The Morgan fingerprint density at radius 1 is 1.48 bits per heavy atom. The Morgan fingerprint density at radius 3 is 2.87 bits per heavy atom. The molecule has 0 saturated carbocycles. The first kappa shape index (κ1) is 16.2. The molecule has 0 aliphatic carbocycles. The molecule has 0 radical (unpaired) electrons. The predicted molar refractivity (Wildman–Crippen MR) is 91.0 cm³/mol. The van der Waals surface area contributed by atoms with Gasteiger partial charge in [0.05, 0.1) is 16.4 Å². The monoisotopic (exact) mass is 379 g/mol. The second kappa shape index (κ2) is 6.07. The summed E-state index contributed by atoms with van der Waals surface area (Å²) in [6.45, 7) is 5.80. The quantitative estimate of drug-likeness (QED) is 0.789. The number of carbonyl (C=O) groups is 1. The molecule has 0 N–H and O–H groups in total. The van der Waals surface area contributed by atoms with E-state index in [0.717, 1.165) is 34.3 Å². The zero-order chi connectivity index (χ0) is 16.7. The number of halogens is 2. The number of carbonyl (C=O) groups excluding carboxylic acids is 1. The van der Waals surface area contributed by atoms with Crippen molar-refractivity contribution < 1.29 is 9.18 Å². The molecule has 3 rings (SSSR count). The summed E-state index contributed by atoms with van der Waals surface area (Å²) in [5, 5.41) is 4.29. The number of nitrogens with zero attached hydrogens (tertiary/aromatic N) is 3. The normalized spacial score (nSPS) is 18.7. The van der Waals surface area contributed by atoms with Gasteiger partial charge in [-0.15, -0.1) is 0 Å². The van der Waals surface area contributed by atoms with E-state index in [-0.39, 0.29) is 17.8 Å². The molecule has 2 heterocycles. The van der Waals surface area contributed by atoms with Crippen LogP contribution in [0.3, 0.4) is 0 Å². The van der Waals surface area contributed by atoms with E-state index in [2.05, 4.69) is 21.0 Å². The van der Waals surface area contributed by atoms with Crippen LogP contribution in [0.4, 0.5) is 10.1 Å². The van der Waals surface area contributed by atoms with Gasteiger partial charge >= 0.3 is 0 Å². The Hall–Kier alpha value is -1.69. The molecule has 4 nitrogen and oxygen atoms in total. The average molecular weight is 380 g/mol. The third kappa shape index (κ3) is 2.80. The summed E-state index contributed by atoms with van der Waals surface area (Å²) in [5.74, 6) is -0.283. The molecular weight excluding hydrogens is 361 g/mol. The molecule has 1 aromatic heterocycles. The van der Waals surface area contributed by atoms with Crippen LogP contribution in [-0.4, -0.2) is 21.7 Å². The fraction of sp³-hybridized carbons (Fsp3) is 0.412. The topological polar surface area (TPSA) is 38.1 Å². The van der Waals surface area contributed by atoms with Crippen molar-refractivity contribution in [2.45, 2.75) is 45.7 Å². The minimum Gasteiger partial charge on any atom is -0.308 e. The molecule has 1 aromatic carbocycles. The number of hydrogen-bond donors (Lipinski definition) is 0. The number of fused-ring (bicyclic) bond motifs is 1. The SMILES string of the molecule is Cc1c(Br)cnn1C(C)C(=O)N1c2ccc(F)cc2CCC1C. The number of aromatic nitrogens is 2. The van der Waals surface area contributed by atoms with E-state index < -0.39 is 6.04 Å². The Bertz CT molecular complexity index is 758. The van der Waals surface area contributed by atoms with Gasteiger partial charge in [0.15, 0.2) is 0 Å². The lowest BCUT2D eigenvalue weighted by molar-refractivity contribution is -0.122. The van der Waals surface area contributed by atoms with Gasteiger partial charge in [-0.05, 0) is 73.3 Å². The van der Waals surface area contributed by atoms with Crippen LogP contribution in [0.2, 0.25) is 0 Å². The van der Waals surface area contributed by atoms with Crippen LogP contribution in [0, 0.1) is 12.7 Å². The van der Waals surface area contributed by atoms with Crippen molar-refractivity contribution in [2.24, 2.45) is 0 Å². The fourth-order valence-electron chi connectivity index (χ4n) is 3.15. The van der Waals surface area contributed by atoms with Crippen molar-refractivity contribution in [2.75, 3.05) is 4.90 Å². The third-order valence-electron chi connectivity index (χ3n) is 4.52. The molecule has 1 amide bonds. The Labute approximate surface area is 143 Å². The number of rotatable bonds is 2. The first-order valence-electron chi connectivity index (χ1n) is 7.71. The number of anilines is 1. The number of hydrogen-bond acceptors (Lipinski definition) is 2. The lowest BCUT2D eigenvalue weighted by Gasteiger charge is -2.37. The van der Waals surface area contributed by atoms with Crippen LogP contribution in [0.25, 0.3) is 0 Å². The highest BCUT2D eigenvalue weighted by Crippen LogP contribution is 2.33. The van der Waals surface area contributed by atoms with E-state index in [0.29, 0.717) is 0 Å². The zero-order valence-corrected chi connectivity index (χ0v) is 15.0. The van der Waals surface area contributed by atoms with Gasteiger partial charge in [-0.2, -0.15) is 5.10 Å². The first-order valence-corrected chi connectivity index (χ1v) is 8.50. The van der Waals surface area contributed by atoms with Gasteiger partial charge in [-0.3, -0.25) is 9.48 Å². The first-order chi connectivity index (χ1) is 10.9. The van der Waals surface area contributed by atoms with E-state index in [1.54, 1.807) is 21.8 Å². The molecule has 0 bridgehead atoms. The van der Waals surface area contributed by atoms with E-state index in [4.69, 9.17) is 0 Å². The maximum atomic E-state index is 13.5. The summed E-state index contributed by atoms with van der Waals surface area (Å²) in [7, 11) is 0. The molecule has 1 aliphatic heterocycles. The summed E-state index contributed by atoms with van der Waals surface area (Å²) < 4.78 is 16.1. The maximum absolute atomic E-state index is 13.5. The van der Waals surface area contributed by atoms with Gasteiger partial charge in [0, 0.05) is 11.7 Å². The predicted octanol–water partition coefficient (Wildman–Crippen LogP) is 4.02. The summed E-state index contributed by atoms with van der Waals surface area (Å²) in [6, 6.07) is 4.32. The molecule has 23 heavy (non-hydrogen) atoms. The Morgan fingerprint density at radius 2 is 2.22 bits per heavy atom. The largest absolute Gasteiger partial charge is 0.308 e. The minimum absolute atomic E-state index is 0.0243. The minimum atomic E-state index is -0.417. The summed E-state index contributed by atoms with van der Waals surface area (Å²) in [5.41, 5.74) is 2.61. The third-order valence-corrected chi connectivity index (χ3v) is 5.30. The molecule has 6 heteroatoms. The standard InChI is InChI=1S/C17H19BrFN3O/c1-10-4-5-13-8-14(19)6-7-16(13)21(10)17(23)12(3)22-11(2)15(18)9-20-22/h6-10,12H,4-5H2,1-3H3. The second-order valence-electron chi connectivity index (χ2n) is 6.07. The molecule has 1 aliphatic rings.